The molecule has 4 heterocycles. The van der Waals surface area contributed by atoms with Crippen LogP contribution in [0.25, 0.3) is 5.65 Å². The number of thiophene rings is 1. The predicted octanol–water partition coefficient (Wildman–Crippen LogP) is 3.24. The second-order valence-corrected chi connectivity index (χ2v) is 7.31. The number of rotatable bonds is 3. The lowest BCUT2D eigenvalue weighted by Crippen LogP contribution is -2.11. The number of hydrogen-bond donors (Lipinski definition) is 1. The normalized spacial score (nSPS) is 14.1. The van der Waals surface area contributed by atoms with E-state index in [0.717, 1.165) is 40.6 Å². The third-order valence-corrected chi connectivity index (χ3v) is 5.29. The number of nitrogens with zero attached hydrogens (tertiary/aromatic N) is 3. The van der Waals surface area contributed by atoms with Gasteiger partial charge in [0, 0.05) is 23.4 Å². The molecule has 1 amide bonds. The maximum absolute atomic E-state index is 12.5. The number of aromatic nitrogens is 3. The molecule has 0 atom stereocenters. The summed E-state index contributed by atoms with van der Waals surface area (Å²) in [5, 5.41) is 11.3. The second-order valence-electron chi connectivity index (χ2n) is 6.17. The number of carbonyl (C=O) groups is 1. The number of carbonyl (C=O) groups excluding carboxylic acids is 1. The molecule has 1 aliphatic rings. The molecule has 0 bridgehead atoms. The third-order valence-electron chi connectivity index (χ3n) is 4.05. The van der Waals surface area contributed by atoms with Crippen molar-refractivity contribution >= 4 is 28.6 Å². The number of amides is 1. The van der Waals surface area contributed by atoms with Gasteiger partial charge in [0.15, 0.2) is 5.65 Å². The summed E-state index contributed by atoms with van der Waals surface area (Å²) in [7, 11) is 0. The minimum absolute atomic E-state index is 0.0899. The number of pyridine rings is 1. The van der Waals surface area contributed by atoms with Gasteiger partial charge in [0.25, 0.3) is 5.91 Å². The topological polar surface area (TPSA) is 68.5 Å². The van der Waals surface area contributed by atoms with Gasteiger partial charge < -0.3 is 10.1 Å². The fourth-order valence-corrected chi connectivity index (χ4v) is 3.87. The molecule has 0 aromatic carbocycles. The number of hydrogen-bond acceptors (Lipinski definition) is 5. The van der Waals surface area contributed by atoms with Crippen LogP contribution in [0.4, 0.5) is 5.69 Å². The van der Waals surface area contributed by atoms with Crippen LogP contribution in [0.3, 0.4) is 0 Å². The van der Waals surface area contributed by atoms with Crippen LogP contribution in [0, 0.1) is 0 Å². The van der Waals surface area contributed by atoms with Crippen molar-refractivity contribution in [3.05, 3.63) is 45.5 Å². The molecule has 0 fully saturated rings. The Morgan fingerprint density at radius 2 is 2.25 bits per heavy atom. The van der Waals surface area contributed by atoms with Gasteiger partial charge in [-0.3, -0.25) is 9.20 Å². The molecular formula is C17H18N4O2S. The van der Waals surface area contributed by atoms with Crippen molar-refractivity contribution in [1.29, 1.82) is 0 Å². The highest BCUT2D eigenvalue weighted by Crippen LogP contribution is 2.27. The van der Waals surface area contributed by atoms with E-state index in [0.29, 0.717) is 6.61 Å². The Bertz CT molecular complexity index is 889. The van der Waals surface area contributed by atoms with Crippen molar-refractivity contribution in [3.63, 3.8) is 0 Å². The second kappa shape index (κ2) is 5.99. The fraction of sp³-hybridized carbons (Fsp3) is 0.353. The summed E-state index contributed by atoms with van der Waals surface area (Å²) in [6.07, 6.45) is 2.76. The van der Waals surface area contributed by atoms with E-state index in [1.54, 1.807) is 11.3 Å². The molecule has 24 heavy (non-hydrogen) atoms. The van der Waals surface area contributed by atoms with Gasteiger partial charge in [0.1, 0.15) is 5.82 Å². The van der Waals surface area contributed by atoms with Gasteiger partial charge in [-0.2, -0.15) is 0 Å². The van der Waals surface area contributed by atoms with Crippen LogP contribution in [0.15, 0.2) is 24.4 Å². The van der Waals surface area contributed by atoms with Crippen LogP contribution in [0.5, 0.6) is 0 Å². The Kier molecular flexibility index (Phi) is 3.82. The van der Waals surface area contributed by atoms with Gasteiger partial charge in [0.2, 0.25) is 0 Å². The third kappa shape index (κ3) is 2.70. The first-order valence-electron chi connectivity index (χ1n) is 7.97. The van der Waals surface area contributed by atoms with E-state index in [9.17, 15) is 4.79 Å². The van der Waals surface area contributed by atoms with Crippen molar-refractivity contribution in [3.8, 4) is 0 Å². The van der Waals surface area contributed by atoms with Crippen molar-refractivity contribution < 1.29 is 9.53 Å². The van der Waals surface area contributed by atoms with Gasteiger partial charge in [0.05, 0.1) is 23.8 Å². The van der Waals surface area contributed by atoms with E-state index in [1.807, 2.05) is 28.8 Å². The monoisotopic (exact) mass is 342 g/mol. The van der Waals surface area contributed by atoms with E-state index in [2.05, 4.69) is 29.4 Å². The van der Waals surface area contributed by atoms with Crippen LogP contribution in [-0.2, 0) is 17.8 Å². The summed E-state index contributed by atoms with van der Waals surface area (Å²) in [5.41, 5.74) is 2.64. The lowest BCUT2D eigenvalue weighted by Gasteiger charge is -2.10. The molecule has 1 N–H and O–H groups in total. The molecule has 0 saturated carbocycles. The maximum atomic E-state index is 12.5. The van der Waals surface area contributed by atoms with Crippen molar-refractivity contribution in [2.75, 3.05) is 11.9 Å². The Labute approximate surface area is 143 Å². The van der Waals surface area contributed by atoms with Crippen LogP contribution < -0.4 is 5.32 Å². The lowest BCUT2D eigenvalue weighted by atomic mass is 10.2. The fourth-order valence-electron chi connectivity index (χ4n) is 2.83. The van der Waals surface area contributed by atoms with E-state index in [-0.39, 0.29) is 11.8 Å². The molecule has 0 aliphatic carbocycles. The molecule has 0 spiro atoms. The van der Waals surface area contributed by atoms with Crippen molar-refractivity contribution in [2.24, 2.45) is 0 Å². The minimum atomic E-state index is -0.0899. The molecule has 3 aromatic heterocycles. The lowest BCUT2D eigenvalue weighted by molar-refractivity contribution is 0.102. The smallest absolute Gasteiger partial charge is 0.265 e. The highest BCUT2D eigenvalue weighted by Gasteiger charge is 2.18. The highest BCUT2D eigenvalue weighted by atomic mass is 32.1. The molecule has 7 heteroatoms. The highest BCUT2D eigenvalue weighted by molar-refractivity contribution is 7.14. The average Bonchev–Trinajstić information content (AvgIpc) is 3.18. The number of anilines is 1. The Balaban J connectivity index is 1.60. The molecule has 4 rings (SSSR count). The zero-order chi connectivity index (χ0) is 16.7. The first-order valence-corrected chi connectivity index (χ1v) is 8.79. The Morgan fingerprint density at radius 3 is 3.04 bits per heavy atom. The van der Waals surface area contributed by atoms with Gasteiger partial charge in [-0.1, -0.05) is 13.8 Å². The number of fused-ring (bicyclic) bond motifs is 2. The number of ether oxygens (including phenoxy) is 1. The molecule has 0 radical (unpaired) electrons. The molecular weight excluding hydrogens is 324 g/mol. The molecule has 0 unspecified atom stereocenters. The zero-order valence-corrected chi connectivity index (χ0v) is 14.4. The molecule has 6 nitrogen and oxygen atoms in total. The van der Waals surface area contributed by atoms with Gasteiger partial charge >= 0.3 is 0 Å². The van der Waals surface area contributed by atoms with E-state index in [1.165, 1.54) is 4.88 Å². The quantitative estimate of drug-likeness (QED) is 0.793. The minimum Gasteiger partial charge on any atom is -0.376 e. The summed E-state index contributed by atoms with van der Waals surface area (Å²) in [6.45, 7) is 5.47. The first kappa shape index (κ1) is 15.3. The van der Waals surface area contributed by atoms with Crippen LogP contribution in [-0.4, -0.2) is 27.1 Å². The van der Waals surface area contributed by atoms with E-state index < -0.39 is 0 Å². The van der Waals surface area contributed by atoms with Crippen molar-refractivity contribution in [2.45, 2.75) is 32.8 Å². The molecule has 1 aliphatic heterocycles. The van der Waals surface area contributed by atoms with E-state index >= 15 is 0 Å². The molecule has 3 aromatic rings. The SMILES string of the molecule is CC(C)c1nnc2ccc(NC(=O)c3cc4c(s3)CCOC4)cn12. The predicted molar refractivity (Wildman–Crippen MR) is 92.7 cm³/mol. The van der Waals surface area contributed by atoms with Crippen LogP contribution in [0.1, 0.15) is 45.7 Å². The van der Waals surface area contributed by atoms with Gasteiger partial charge in [-0.05, 0) is 23.8 Å². The molecule has 0 saturated heterocycles. The Hall–Kier alpha value is -2.25. The summed E-state index contributed by atoms with van der Waals surface area (Å²) < 4.78 is 7.36. The molecule has 124 valence electrons. The average molecular weight is 342 g/mol. The first-order chi connectivity index (χ1) is 11.6. The summed E-state index contributed by atoms with van der Waals surface area (Å²) in [4.78, 5) is 14.5. The largest absolute Gasteiger partial charge is 0.376 e. The summed E-state index contributed by atoms with van der Waals surface area (Å²) in [5.74, 6) is 1.05. The van der Waals surface area contributed by atoms with Gasteiger partial charge in [-0.15, -0.1) is 21.5 Å². The maximum Gasteiger partial charge on any atom is 0.265 e. The standard InChI is InChI=1S/C17H18N4O2S/c1-10(2)16-20-19-15-4-3-12(8-21(15)16)18-17(22)14-7-11-9-23-6-5-13(11)24-14/h3-4,7-8,10H,5-6,9H2,1-2H3,(H,18,22). The van der Waals surface area contributed by atoms with E-state index in [4.69, 9.17) is 4.74 Å². The van der Waals surface area contributed by atoms with Crippen LogP contribution >= 0.6 is 11.3 Å². The van der Waals surface area contributed by atoms with Crippen molar-refractivity contribution in [1.82, 2.24) is 14.6 Å². The van der Waals surface area contributed by atoms with Crippen LogP contribution in [0.2, 0.25) is 0 Å². The Morgan fingerprint density at radius 1 is 1.38 bits per heavy atom. The summed E-state index contributed by atoms with van der Waals surface area (Å²) >= 11 is 1.55. The van der Waals surface area contributed by atoms with Gasteiger partial charge in [-0.25, -0.2) is 0 Å². The zero-order valence-electron chi connectivity index (χ0n) is 13.6. The summed E-state index contributed by atoms with van der Waals surface area (Å²) in [6, 6.07) is 5.65. The number of nitrogens with one attached hydrogen (secondary N) is 1.